The van der Waals surface area contributed by atoms with Crippen LogP contribution in [0.3, 0.4) is 0 Å². The van der Waals surface area contributed by atoms with Crippen molar-refractivity contribution in [1.82, 2.24) is 4.40 Å². The number of carbonyl (C=O) groups is 1. The van der Waals surface area contributed by atoms with E-state index in [-0.39, 0.29) is 5.78 Å². The molecule has 0 bridgehead atoms. The van der Waals surface area contributed by atoms with Gasteiger partial charge in [-0.15, -0.1) is 0 Å². The summed E-state index contributed by atoms with van der Waals surface area (Å²) in [6, 6.07) is 7.62. The standard InChI is InChI=1S/C13H16N2O/c1-13(2,3)11(16)10-8-9-6-4-5-7-15(9)12(10)14/h4-8H,14H2,1-3H3. The van der Waals surface area contributed by atoms with Gasteiger partial charge in [0, 0.05) is 17.1 Å². The summed E-state index contributed by atoms with van der Waals surface area (Å²) in [4.78, 5) is 12.2. The molecule has 0 aliphatic carbocycles. The van der Waals surface area contributed by atoms with E-state index in [4.69, 9.17) is 5.73 Å². The summed E-state index contributed by atoms with van der Waals surface area (Å²) in [6.07, 6.45) is 1.87. The Kier molecular flexibility index (Phi) is 2.26. The summed E-state index contributed by atoms with van der Waals surface area (Å²) in [5.41, 5.74) is 7.14. The largest absolute Gasteiger partial charge is 0.384 e. The molecule has 0 radical (unpaired) electrons. The van der Waals surface area contributed by atoms with Crippen molar-refractivity contribution in [2.24, 2.45) is 5.41 Å². The average Bonchev–Trinajstić information content (AvgIpc) is 2.54. The van der Waals surface area contributed by atoms with Crippen LogP contribution in [0.25, 0.3) is 5.52 Å². The maximum atomic E-state index is 12.2. The van der Waals surface area contributed by atoms with Crippen molar-refractivity contribution in [3.05, 3.63) is 36.0 Å². The fourth-order valence-corrected chi connectivity index (χ4v) is 1.73. The number of anilines is 1. The van der Waals surface area contributed by atoms with Gasteiger partial charge in [-0.3, -0.25) is 4.79 Å². The van der Waals surface area contributed by atoms with Crippen molar-refractivity contribution in [3.63, 3.8) is 0 Å². The van der Waals surface area contributed by atoms with Crippen LogP contribution >= 0.6 is 0 Å². The van der Waals surface area contributed by atoms with E-state index in [0.717, 1.165) is 5.52 Å². The van der Waals surface area contributed by atoms with Crippen LogP contribution in [0.2, 0.25) is 0 Å². The van der Waals surface area contributed by atoms with E-state index in [9.17, 15) is 4.79 Å². The molecule has 3 nitrogen and oxygen atoms in total. The smallest absolute Gasteiger partial charge is 0.171 e. The Labute approximate surface area is 94.9 Å². The van der Waals surface area contributed by atoms with E-state index < -0.39 is 5.41 Å². The van der Waals surface area contributed by atoms with Gasteiger partial charge < -0.3 is 10.1 Å². The Hall–Kier alpha value is -1.77. The van der Waals surface area contributed by atoms with Crippen LogP contribution < -0.4 is 5.73 Å². The van der Waals surface area contributed by atoms with Gasteiger partial charge in [-0.1, -0.05) is 26.8 Å². The van der Waals surface area contributed by atoms with E-state index in [0.29, 0.717) is 11.4 Å². The third-order valence-corrected chi connectivity index (χ3v) is 2.64. The topological polar surface area (TPSA) is 47.5 Å². The Morgan fingerprint density at radius 1 is 1.31 bits per heavy atom. The quantitative estimate of drug-likeness (QED) is 0.745. The van der Waals surface area contributed by atoms with E-state index in [1.807, 2.05) is 55.6 Å². The molecule has 2 rings (SSSR count). The van der Waals surface area contributed by atoms with Crippen molar-refractivity contribution in [2.45, 2.75) is 20.8 Å². The van der Waals surface area contributed by atoms with Crippen molar-refractivity contribution in [1.29, 1.82) is 0 Å². The lowest BCUT2D eigenvalue weighted by atomic mass is 9.87. The number of aromatic nitrogens is 1. The zero-order valence-electron chi connectivity index (χ0n) is 9.82. The number of hydrogen-bond donors (Lipinski definition) is 1. The monoisotopic (exact) mass is 216 g/mol. The third kappa shape index (κ3) is 1.58. The van der Waals surface area contributed by atoms with Crippen LogP contribution in [-0.2, 0) is 0 Å². The molecule has 0 saturated heterocycles. The number of nitrogens with two attached hydrogens (primary N) is 1. The van der Waals surface area contributed by atoms with Crippen LogP contribution in [0, 0.1) is 5.41 Å². The zero-order chi connectivity index (χ0) is 11.9. The van der Waals surface area contributed by atoms with E-state index in [2.05, 4.69) is 0 Å². The minimum absolute atomic E-state index is 0.0775. The van der Waals surface area contributed by atoms with Gasteiger partial charge in [0.15, 0.2) is 5.78 Å². The first-order valence-corrected chi connectivity index (χ1v) is 5.31. The lowest BCUT2D eigenvalue weighted by molar-refractivity contribution is 0.0859. The van der Waals surface area contributed by atoms with Crippen molar-refractivity contribution >= 4 is 17.1 Å². The second-order valence-electron chi connectivity index (χ2n) is 5.02. The third-order valence-electron chi connectivity index (χ3n) is 2.64. The fourth-order valence-electron chi connectivity index (χ4n) is 1.73. The van der Waals surface area contributed by atoms with Gasteiger partial charge in [-0.25, -0.2) is 0 Å². The molecule has 16 heavy (non-hydrogen) atoms. The number of Topliss-reactive ketones (excluding diaryl/α,β-unsaturated/α-hetero) is 1. The summed E-state index contributed by atoms with van der Waals surface area (Å²) < 4.78 is 1.83. The SMILES string of the molecule is CC(C)(C)C(=O)c1cc2ccccn2c1N. The molecule has 0 aliphatic rings. The fraction of sp³-hybridized carbons (Fsp3) is 0.308. The summed E-state index contributed by atoms with van der Waals surface area (Å²) in [5, 5.41) is 0. The Morgan fingerprint density at radius 2 is 2.00 bits per heavy atom. The van der Waals surface area contributed by atoms with Gasteiger partial charge in [0.05, 0.1) is 5.56 Å². The zero-order valence-corrected chi connectivity index (χ0v) is 9.82. The predicted octanol–water partition coefficient (Wildman–Crippen LogP) is 2.75. The molecule has 84 valence electrons. The normalized spacial score (nSPS) is 11.9. The van der Waals surface area contributed by atoms with Gasteiger partial charge >= 0.3 is 0 Å². The van der Waals surface area contributed by atoms with E-state index in [1.54, 1.807) is 0 Å². The lowest BCUT2D eigenvalue weighted by Crippen LogP contribution is -2.20. The second kappa shape index (κ2) is 3.37. The highest BCUT2D eigenvalue weighted by molar-refractivity contribution is 6.05. The van der Waals surface area contributed by atoms with Crippen LogP contribution in [0.15, 0.2) is 30.5 Å². The molecule has 0 atom stereocenters. The molecule has 2 heterocycles. The van der Waals surface area contributed by atoms with Gasteiger partial charge in [0.1, 0.15) is 5.82 Å². The van der Waals surface area contributed by atoms with Gasteiger partial charge in [-0.2, -0.15) is 0 Å². The maximum absolute atomic E-state index is 12.2. The molecule has 2 N–H and O–H groups in total. The number of ketones is 1. The van der Waals surface area contributed by atoms with E-state index >= 15 is 0 Å². The number of nitrogen functional groups attached to an aromatic ring is 1. The van der Waals surface area contributed by atoms with Gasteiger partial charge in [0.2, 0.25) is 0 Å². The maximum Gasteiger partial charge on any atom is 0.171 e. The molecule has 0 fully saturated rings. The number of rotatable bonds is 1. The average molecular weight is 216 g/mol. The van der Waals surface area contributed by atoms with Crippen LogP contribution in [-0.4, -0.2) is 10.2 Å². The van der Waals surface area contributed by atoms with Crippen LogP contribution in [0.4, 0.5) is 5.82 Å². The number of nitrogens with zero attached hydrogens (tertiary/aromatic N) is 1. The number of hydrogen-bond acceptors (Lipinski definition) is 2. The predicted molar refractivity (Wildman–Crippen MR) is 65.6 cm³/mol. The molecular formula is C13H16N2O. The molecule has 0 amide bonds. The van der Waals surface area contributed by atoms with E-state index in [1.165, 1.54) is 0 Å². The highest BCUT2D eigenvalue weighted by atomic mass is 16.1. The second-order valence-corrected chi connectivity index (χ2v) is 5.02. The first-order valence-electron chi connectivity index (χ1n) is 5.31. The van der Waals surface area contributed by atoms with Crippen LogP contribution in [0.1, 0.15) is 31.1 Å². The first-order chi connectivity index (χ1) is 7.41. The Balaban J connectivity index is 2.63. The number of carbonyl (C=O) groups excluding carboxylic acids is 1. The summed E-state index contributed by atoms with van der Waals surface area (Å²) in [7, 11) is 0. The molecular weight excluding hydrogens is 200 g/mol. The Bertz CT molecular complexity index is 547. The molecule has 0 unspecified atom stereocenters. The summed E-state index contributed by atoms with van der Waals surface area (Å²) >= 11 is 0. The molecule has 2 aromatic heterocycles. The van der Waals surface area contributed by atoms with Crippen molar-refractivity contribution in [2.75, 3.05) is 5.73 Å². The van der Waals surface area contributed by atoms with Gasteiger partial charge in [-0.05, 0) is 18.2 Å². The minimum Gasteiger partial charge on any atom is -0.384 e. The molecule has 0 spiro atoms. The molecule has 0 aromatic carbocycles. The molecule has 0 saturated carbocycles. The minimum atomic E-state index is -0.404. The Morgan fingerprint density at radius 3 is 2.56 bits per heavy atom. The highest BCUT2D eigenvalue weighted by Crippen LogP contribution is 2.27. The lowest BCUT2D eigenvalue weighted by Gasteiger charge is -2.15. The van der Waals surface area contributed by atoms with Crippen molar-refractivity contribution < 1.29 is 4.79 Å². The van der Waals surface area contributed by atoms with Gasteiger partial charge in [0.25, 0.3) is 0 Å². The number of fused-ring (bicyclic) bond motifs is 1. The summed E-state index contributed by atoms with van der Waals surface area (Å²) in [5.74, 6) is 0.601. The van der Waals surface area contributed by atoms with Crippen molar-refractivity contribution in [3.8, 4) is 0 Å². The molecule has 3 heteroatoms. The molecule has 0 aliphatic heterocycles. The highest BCUT2D eigenvalue weighted by Gasteiger charge is 2.26. The molecule has 2 aromatic rings. The number of pyridine rings is 1. The summed E-state index contributed by atoms with van der Waals surface area (Å²) in [6.45, 7) is 5.70. The first kappa shape index (κ1) is 10.7. The van der Waals surface area contributed by atoms with Crippen LogP contribution in [0.5, 0.6) is 0 Å².